The van der Waals surface area contributed by atoms with Crippen molar-refractivity contribution in [3.05, 3.63) is 71.1 Å². The fourth-order valence-corrected chi connectivity index (χ4v) is 2.89. The average molecular weight is 338 g/mol. The number of aryl methyl sites for hydroxylation is 2. The Bertz CT molecular complexity index is 1030. The third-order valence-corrected chi connectivity index (χ3v) is 4.08. The van der Waals surface area contributed by atoms with Gasteiger partial charge in [-0.1, -0.05) is 17.7 Å². The second-order valence-electron chi connectivity index (χ2n) is 5.79. The topological polar surface area (TPSA) is 42.5 Å². The summed E-state index contributed by atoms with van der Waals surface area (Å²) in [7, 11) is 0. The van der Waals surface area contributed by atoms with E-state index in [2.05, 4.69) is 18.3 Å². The number of hydrogen-bond acceptors (Lipinski definition) is 3. The molecule has 0 unspecified atom stereocenters. The molecule has 0 fully saturated rings. The van der Waals surface area contributed by atoms with Gasteiger partial charge in [0, 0.05) is 16.9 Å². The van der Waals surface area contributed by atoms with Crippen molar-refractivity contribution in [3.8, 4) is 11.5 Å². The second kappa shape index (κ2) is 5.73. The van der Waals surface area contributed by atoms with E-state index in [4.69, 9.17) is 21.0 Å². The third-order valence-electron chi connectivity index (χ3n) is 3.84. The lowest BCUT2D eigenvalue weighted by Gasteiger charge is -2.08. The van der Waals surface area contributed by atoms with Crippen molar-refractivity contribution in [3.63, 3.8) is 0 Å². The van der Waals surface area contributed by atoms with Gasteiger partial charge in [0.1, 0.15) is 22.9 Å². The number of halogens is 1. The molecule has 3 heterocycles. The summed E-state index contributed by atoms with van der Waals surface area (Å²) in [6.45, 7) is 3.98. The zero-order valence-corrected chi connectivity index (χ0v) is 14.1. The monoisotopic (exact) mass is 337 g/mol. The molecule has 0 bridgehead atoms. The predicted molar refractivity (Wildman–Crippen MR) is 97.1 cm³/mol. The van der Waals surface area contributed by atoms with Gasteiger partial charge in [0.05, 0.1) is 0 Å². The lowest BCUT2D eigenvalue weighted by atomic mass is 10.3. The van der Waals surface area contributed by atoms with Gasteiger partial charge in [0.25, 0.3) is 0 Å². The van der Waals surface area contributed by atoms with Crippen molar-refractivity contribution < 1.29 is 4.42 Å². The summed E-state index contributed by atoms with van der Waals surface area (Å²) in [5.41, 5.74) is 3.69. The Balaban J connectivity index is 1.90. The number of hydrogen-bond donors (Lipinski definition) is 1. The molecule has 0 aliphatic carbocycles. The summed E-state index contributed by atoms with van der Waals surface area (Å²) >= 11 is 6.10. The van der Waals surface area contributed by atoms with Gasteiger partial charge in [-0.05, 0) is 61.9 Å². The standard InChI is InChI=1S/C19H16ClN3O/c1-12-8-9-23-17(10-12)22-18(16-7-6-13(2)24-16)19(23)21-15-5-3-4-14(20)11-15/h3-11,21H,1-2H3. The molecule has 0 aliphatic heterocycles. The number of anilines is 2. The molecule has 4 aromatic rings. The van der Waals surface area contributed by atoms with Gasteiger partial charge < -0.3 is 9.73 Å². The van der Waals surface area contributed by atoms with E-state index in [1.807, 2.05) is 60.0 Å². The first-order valence-corrected chi connectivity index (χ1v) is 8.06. The Kier molecular flexibility index (Phi) is 3.54. The minimum Gasteiger partial charge on any atom is -0.460 e. The van der Waals surface area contributed by atoms with Crippen molar-refractivity contribution in [1.82, 2.24) is 9.38 Å². The molecular formula is C19H16ClN3O. The normalized spacial score (nSPS) is 11.1. The highest BCUT2D eigenvalue weighted by Gasteiger charge is 2.17. The van der Waals surface area contributed by atoms with Gasteiger partial charge in [-0.25, -0.2) is 4.98 Å². The zero-order valence-electron chi connectivity index (χ0n) is 13.4. The number of furan rings is 1. The van der Waals surface area contributed by atoms with Crippen molar-refractivity contribution in [2.24, 2.45) is 0 Å². The molecule has 0 spiro atoms. The third kappa shape index (κ3) is 2.65. The number of fused-ring (bicyclic) bond motifs is 1. The van der Waals surface area contributed by atoms with Crippen molar-refractivity contribution >= 4 is 28.8 Å². The molecule has 0 saturated heterocycles. The molecular weight excluding hydrogens is 322 g/mol. The van der Waals surface area contributed by atoms with Crippen molar-refractivity contribution in [2.45, 2.75) is 13.8 Å². The van der Waals surface area contributed by atoms with Crippen LogP contribution in [0.1, 0.15) is 11.3 Å². The minimum atomic E-state index is 0.681. The van der Waals surface area contributed by atoms with Crippen LogP contribution in [-0.4, -0.2) is 9.38 Å². The Labute approximate surface area is 144 Å². The van der Waals surface area contributed by atoms with Gasteiger partial charge >= 0.3 is 0 Å². The number of rotatable bonds is 3. The molecule has 0 amide bonds. The van der Waals surface area contributed by atoms with Crippen LogP contribution >= 0.6 is 11.6 Å². The lowest BCUT2D eigenvalue weighted by Crippen LogP contribution is -1.96. The van der Waals surface area contributed by atoms with E-state index < -0.39 is 0 Å². The summed E-state index contributed by atoms with van der Waals surface area (Å²) in [5, 5.41) is 4.10. The maximum Gasteiger partial charge on any atom is 0.156 e. The van der Waals surface area contributed by atoms with Gasteiger partial charge in [-0.15, -0.1) is 0 Å². The summed E-state index contributed by atoms with van der Waals surface area (Å²) < 4.78 is 7.80. The van der Waals surface area contributed by atoms with E-state index in [9.17, 15) is 0 Å². The molecule has 0 atom stereocenters. The molecule has 4 rings (SSSR count). The average Bonchev–Trinajstić information content (AvgIpc) is 3.11. The molecule has 4 nitrogen and oxygen atoms in total. The molecule has 1 aromatic carbocycles. The smallest absolute Gasteiger partial charge is 0.156 e. The van der Waals surface area contributed by atoms with Crippen LogP contribution in [0.3, 0.4) is 0 Å². The molecule has 1 N–H and O–H groups in total. The van der Waals surface area contributed by atoms with E-state index in [0.29, 0.717) is 5.02 Å². The van der Waals surface area contributed by atoms with Crippen molar-refractivity contribution in [2.75, 3.05) is 5.32 Å². The molecule has 0 saturated carbocycles. The maximum atomic E-state index is 6.10. The van der Waals surface area contributed by atoms with Crippen LogP contribution in [-0.2, 0) is 0 Å². The Morgan fingerprint density at radius 1 is 1.08 bits per heavy atom. The van der Waals surface area contributed by atoms with Crippen LogP contribution in [0.15, 0.2) is 59.1 Å². The van der Waals surface area contributed by atoms with Crippen LogP contribution in [0.25, 0.3) is 17.1 Å². The van der Waals surface area contributed by atoms with E-state index in [0.717, 1.165) is 39.9 Å². The Morgan fingerprint density at radius 3 is 2.71 bits per heavy atom. The Morgan fingerprint density at radius 2 is 1.96 bits per heavy atom. The van der Waals surface area contributed by atoms with Gasteiger partial charge in [0.15, 0.2) is 5.76 Å². The van der Waals surface area contributed by atoms with Crippen LogP contribution in [0.4, 0.5) is 11.5 Å². The minimum absolute atomic E-state index is 0.681. The fourth-order valence-electron chi connectivity index (χ4n) is 2.70. The van der Waals surface area contributed by atoms with E-state index in [1.54, 1.807) is 0 Å². The molecule has 0 aliphatic rings. The molecule has 3 aromatic heterocycles. The van der Waals surface area contributed by atoms with Crippen LogP contribution in [0.2, 0.25) is 5.02 Å². The number of aromatic nitrogens is 2. The highest BCUT2D eigenvalue weighted by molar-refractivity contribution is 6.30. The highest BCUT2D eigenvalue weighted by Crippen LogP contribution is 2.32. The van der Waals surface area contributed by atoms with Crippen LogP contribution in [0.5, 0.6) is 0 Å². The lowest BCUT2D eigenvalue weighted by molar-refractivity contribution is 0.547. The Hall–Kier alpha value is -2.72. The SMILES string of the molecule is Cc1ccn2c(Nc3cccc(Cl)c3)c(-c3ccc(C)o3)nc2c1. The van der Waals surface area contributed by atoms with E-state index in [-0.39, 0.29) is 0 Å². The fraction of sp³-hybridized carbons (Fsp3) is 0.105. The zero-order chi connectivity index (χ0) is 16.7. The summed E-state index contributed by atoms with van der Waals surface area (Å²) in [6, 6.07) is 15.6. The molecule has 0 radical (unpaired) electrons. The first-order chi connectivity index (χ1) is 11.6. The first-order valence-electron chi connectivity index (χ1n) is 7.68. The number of imidazole rings is 1. The van der Waals surface area contributed by atoms with E-state index >= 15 is 0 Å². The summed E-state index contributed by atoms with van der Waals surface area (Å²) in [5.74, 6) is 2.44. The summed E-state index contributed by atoms with van der Waals surface area (Å²) in [6.07, 6.45) is 2.00. The van der Waals surface area contributed by atoms with Gasteiger partial charge in [0.2, 0.25) is 0 Å². The van der Waals surface area contributed by atoms with Gasteiger partial charge in [-0.2, -0.15) is 0 Å². The molecule has 120 valence electrons. The predicted octanol–water partition coefficient (Wildman–Crippen LogP) is 5.61. The highest BCUT2D eigenvalue weighted by atomic mass is 35.5. The number of benzene rings is 1. The second-order valence-corrected chi connectivity index (χ2v) is 6.22. The first kappa shape index (κ1) is 14.8. The summed E-state index contributed by atoms with van der Waals surface area (Å²) in [4.78, 5) is 4.75. The van der Waals surface area contributed by atoms with E-state index in [1.165, 1.54) is 0 Å². The van der Waals surface area contributed by atoms with Crippen LogP contribution < -0.4 is 5.32 Å². The quantitative estimate of drug-likeness (QED) is 0.528. The number of nitrogens with one attached hydrogen (secondary N) is 1. The largest absolute Gasteiger partial charge is 0.460 e. The number of pyridine rings is 1. The van der Waals surface area contributed by atoms with Gasteiger partial charge in [-0.3, -0.25) is 4.40 Å². The maximum absolute atomic E-state index is 6.10. The van der Waals surface area contributed by atoms with Crippen LogP contribution in [0, 0.1) is 13.8 Å². The molecule has 5 heteroatoms. The number of nitrogens with zero attached hydrogens (tertiary/aromatic N) is 2. The molecule has 24 heavy (non-hydrogen) atoms. The van der Waals surface area contributed by atoms with Crippen molar-refractivity contribution in [1.29, 1.82) is 0 Å².